The van der Waals surface area contributed by atoms with Gasteiger partial charge < -0.3 is 24.0 Å². The van der Waals surface area contributed by atoms with E-state index >= 15 is 0 Å². The van der Waals surface area contributed by atoms with Gasteiger partial charge in [-0.25, -0.2) is 0 Å². The maximum Gasteiger partial charge on any atom is 0.128 e. The third-order valence-electron chi connectivity index (χ3n) is 7.13. The van der Waals surface area contributed by atoms with Crippen LogP contribution in [0.2, 0.25) is 0 Å². The largest absolute Gasteiger partial charge is 0.497 e. The van der Waals surface area contributed by atoms with E-state index in [1.165, 1.54) is 21.8 Å². The fraction of sp³-hybridized carbons (Fsp3) is 0.357. The summed E-state index contributed by atoms with van der Waals surface area (Å²) in [7, 11) is 3.28. The van der Waals surface area contributed by atoms with Crippen molar-refractivity contribution >= 4 is 21.8 Å². The molecule has 2 heterocycles. The molecular weight excluding hydrogens is 412 g/mol. The number of para-hydroxylation sites is 2. The quantitative estimate of drug-likeness (QED) is 0.426. The Bertz CT molecular complexity index is 1200. The van der Waals surface area contributed by atoms with Crippen LogP contribution in [0.25, 0.3) is 21.8 Å². The zero-order chi connectivity index (χ0) is 22.8. The Morgan fingerprint density at radius 2 is 1.45 bits per heavy atom. The first-order valence-corrected chi connectivity index (χ1v) is 11.8. The van der Waals surface area contributed by atoms with E-state index in [1.54, 1.807) is 14.2 Å². The van der Waals surface area contributed by atoms with Crippen molar-refractivity contribution in [3.63, 3.8) is 0 Å². The minimum absolute atomic E-state index is 0.691. The van der Waals surface area contributed by atoms with E-state index in [0.717, 1.165) is 43.9 Å². The monoisotopic (exact) mass is 444 g/mol. The molecular formula is C28H32N2O3. The van der Waals surface area contributed by atoms with Crippen LogP contribution in [-0.4, -0.2) is 48.4 Å². The highest BCUT2D eigenvalue weighted by Crippen LogP contribution is 2.39. The van der Waals surface area contributed by atoms with Gasteiger partial charge in [0.05, 0.1) is 19.8 Å². The number of benzene rings is 3. The van der Waals surface area contributed by atoms with Crippen molar-refractivity contribution < 1.29 is 14.6 Å². The second kappa shape index (κ2) is 9.08. The lowest BCUT2D eigenvalue weighted by Crippen LogP contribution is -2.43. The van der Waals surface area contributed by atoms with Gasteiger partial charge >= 0.3 is 0 Å². The Labute approximate surface area is 195 Å². The van der Waals surface area contributed by atoms with E-state index in [4.69, 9.17) is 9.47 Å². The van der Waals surface area contributed by atoms with E-state index in [-0.39, 0.29) is 0 Å². The van der Waals surface area contributed by atoms with Gasteiger partial charge in [-0.1, -0.05) is 36.4 Å². The van der Waals surface area contributed by atoms with Crippen LogP contribution in [0.4, 0.5) is 0 Å². The summed E-state index contributed by atoms with van der Waals surface area (Å²) in [5.41, 5.74) is 2.60. The summed E-state index contributed by atoms with van der Waals surface area (Å²) in [6.45, 7) is 3.76. The number of hydrogen-bond donors (Lipinski definition) is 1. The molecule has 1 aromatic heterocycles. The van der Waals surface area contributed by atoms with E-state index in [9.17, 15) is 5.11 Å². The summed E-state index contributed by atoms with van der Waals surface area (Å²) in [5, 5.41) is 14.0. The van der Waals surface area contributed by atoms with Gasteiger partial charge in [-0.3, -0.25) is 0 Å². The molecule has 4 aromatic rings. The SMILES string of the molecule is COc1ccc(C2(O)CCN(CCCn3c4ccccc4c4ccccc43)CC2)c(OC)c1. The zero-order valence-electron chi connectivity index (χ0n) is 19.5. The molecule has 1 N–H and O–H groups in total. The highest BCUT2D eigenvalue weighted by molar-refractivity contribution is 6.07. The average Bonchev–Trinajstić information content (AvgIpc) is 3.19. The lowest BCUT2D eigenvalue weighted by molar-refractivity contribution is -0.0277. The third-order valence-corrected chi connectivity index (χ3v) is 7.13. The summed E-state index contributed by atoms with van der Waals surface area (Å²) in [4.78, 5) is 2.47. The van der Waals surface area contributed by atoms with Gasteiger partial charge in [0, 0.05) is 53.1 Å². The van der Waals surface area contributed by atoms with E-state index in [0.29, 0.717) is 18.6 Å². The van der Waals surface area contributed by atoms with E-state index in [2.05, 4.69) is 58.0 Å². The standard InChI is InChI=1S/C28H32N2O3/c1-32-21-12-13-24(27(20-21)33-2)28(31)14-18-29(19-15-28)16-7-17-30-25-10-5-3-8-22(25)23-9-4-6-11-26(23)30/h3-6,8-13,20,31H,7,14-19H2,1-2H3. The lowest BCUT2D eigenvalue weighted by atomic mass is 9.83. The van der Waals surface area contributed by atoms with Crippen LogP contribution in [0.1, 0.15) is 24.8 Å². The number of nitrogens with zero attached hydrogens (tertiary/aromatic N) is 2. The smallest absolute Gasteiger partial charge is 0.128 e. The molecule has 0 unspecified atom stereocenters. The normalized spacial score (nSPS) is 16.3. The Morgan fingerprint density at radius 1 is 0.818 bits per heavy atom. The molecule has 0 amide bonds. The number of aryl methyl sites for hydroxylation is 1. The van der Waals surface area contributed by atoms with Crippen LogP contribution < -0.4 is 9.47 Å². The Kier molecular flexibility index (Phi) is 6.00. The number of likely N-dealkylation sites (tertiary alicyclic amines) is 1. The first kappa shape index (κ1) is 21.8. The fourth-order valence-electron chi connectivity index (χ4n) is 5.30. The summed E-state index contributed by atoms with van der Waals surface area (Å²) in [5.74, 6) is 1.43. The number of fused-ring (bicyclic) bond motifs is 3. The van der Waals surface area contributed by atoms with Gasteiger partial charge in [-0.2, -0.15) is 0 Å². The number of methoxy groups -OCH3 is 2. The minimum atomic E-state index is -0.860. The predicted molar refractivity (Wildman–Crippen MR) is 133 cm³/mol. The lowest BCUT2D eigenvalue weighted by Gasteiger charge is -2.39. The van der Waals surface area contributed by atoms with Gasteiger partial charge in [0.1, 0.15) is 11.5 Å². The minimum Gasteiger partial charge on any atom is -0.497 e. The molecule has 1 aliphatic heterocycles. The van der Waals surface area contributed by atoms with Crippen molar-refractivity contribution in [3.05, 3.63) is 72.3 Å². The van der Waals surface area contributed by atoms with Gasteiger partial charge in [0.2, 0.25) is 0 Å². The highest BCUT2D eigenvalue weighted by atomic mass is 16.5. The molecule has 1 aliphatic rings. The molecule has 33 heavy (non-hydrogen) atoms. The van der Waals surface area contributed by atoms with Crippen molar-refractivity contribution in [2.24, 2.45) is 0 Å². The Hall–Kier alpha value is -3.02. The molecule has 5 nitrogen and oxygen atoms in total. The molecule has 0 atom stereocenters. The summed E-state index contributed by atoms with van der Waals surface area (Å²) < 4.78 is 13.3. The summed E-state index contributed by atoms with van der Waals surface area (Å²) >= 11 is 0. The first-order valence-electron chi connectivity index (χ1n) is 11.8. The van der Waals surface area contributed by atoms with Crippen molar-refractivity contribution in [1.82, 2.24) is 9.47 Å². The van der Waals surface area contributed by atoms with Crippen LogP contribution in [0.3, 0.4) is 0 Å². The van der Waals surface area contributed by atoms with E-state index < -0.39 is 5.60 Å². The second-order valence-electron chi connectivity index (χ2n) is 8.98. The molecule has 172 valence electrons. The first-order chi connectivity index (χ1) is 16.1. The molecule has 1 saturated heterocycles. The van der Waals surface area contributed by atoms with Gasteiger partial charge in [-0.05, 0) is 50.1 Å². The molecule has 0 spiro atoms. The molecule has 5 rings (SSSR count). The van der Waals surface area contributed by atoms with Gasteiger partial charge in [0.15, 0.2) is 0 Å². The maximum absolute atomic E-state index is 11.4. The average molecular weight is 445 g/mol. The molecule has 5 heteroatoms. The molecule has 0 radical (unpaired) electrons. The van der Waals surface area contributed by atoms with Crippen LogP contribution in [-0.2, 0) is 12.1 Å². The number of rotatable bonds is 7. The second-order valence-corrected chi connectivity index (χ2v) is 8.98. The number of aliphatic hydroxyl groups is 1. The summed E-state index contributed by atoms with van der Waals surface area (Å²) in [6, 6.07) is 23.0. The van der Waals surface area contributed by atoms with Crippen LogP contribution in [0, 0.1) is 0 Å². The maximum atomic E-state index is 11.4. The topological polar surface area (TPSA) is 46.9 Å². The van der Waals surface area contributed by atoms with Crippen molar-refractivity contribution in [2.75, 3.05) is 33.9 Å². The zero-order valence-corrected chi connectivity index (χ0v) is 19.5. The molecule has 3 aromatic carbocycles. The molecule has 0 saturated carbocycles. The molecule has 0 aliphatic carbocycles. The Morgan fingerprint density at radius 3 is 2.06 bits per heavy atom. The van der Waals surface area contributed by atoms with Crippen molar-refractivity contribution in [2.45, 2.75) is 31.4 Å². The third kappa shape index (κ3) is 4.07. The highest BCUT2D eigenvalue weighted by Gasteiger charge is 2.36. The predicted octanol–water partition coefficient (Wildman–Crippen LogP) is 5.19. The van der Waals surface area contributed by atoms with E-state index in [1.807, 2.05) is 18.2 Å². The van der Waals surface area contributed by atoms with Gasteiger partial charge in [0.25, 0.3) is 0 Å². The van der Waals surface area contributed by atoms with Crippen LogP contribution >= 0.6 is 0 Å². The molecule has 0 bridgehead atoms. The summed E-state index contributed by atoms with van der Waals surface area (Å²) in [6.07, 6.45) is 2.48. The number of aromatic nitrogens is 1. The fourth-order valence-corrected chi connectivity index (χ4v) is 5.30. The Balaban J connectivity index is 1.24. The van der Waals surface area contributed by atoms with Crippen molar-refractivity contribution in [3.8, 4) is 11.5 Å². The molecule has 1 fully saturated rings. The van der Waals surface area contributed by atoms with Crippen LogP contribution in [0.5, 0.6) is 11.5 Å². The van der Waals surface area contributed by atoms with Crippen LogP contribution in [0.15, 0.2) is 66.7 Å². The van der Waals surface area contributed by atoms with Gasteiger partial charge in [-0.15, -0.1) is 0 Å². The number of ether oxygens (including phenoxy) is 2. The number of piperidine rings is 1. The van der Waals surface area contributed by atoms with Crippen molar-refractivity contribution in [1.29, 1.82) is 0 Å². The number of hydrogen-bond acceptors (Lipinski definition) is 4.